The zero-order chi connectivity index (χ0) is 20.2. The summed E-state index contributed by atoms with van der Waals surface area (Å²) in [5, 5.41) is 0. The van der Waals surface area contributed by atoms with Gasteiger partial charge in [-0.1, -0.05) is 85.0 Å². The van der Waals surface area contributed by atoms with Crippen LogP contribution in [-0.2, 0) is 27.5 Å². The van der Waals surface area contributed by atoms with Crippen molar-refractivity contribution in [2.45, 2.75) is 32.5 Å². The number of carbonyl (C=O) groups is 1. The van der Waals surface area contributed by atoms with Gasteiger partial charge < -0.3 is 9.47 Å². The molecule has 150 valence electrons. The largest absolute Gasteiger partial charge is 0.377 e. The molecule has 0 radical (unpaired) electrons. The number of hydrogen-bond donors (Lipinski definition) is 0. The minimum atomic E-state index is 0.185. The van der Waals surface area contributed by atoms with Crippen LogP contribution in [0.1, 0.15) is 30.4 Å². The van der Waals surface area contributed by atoms with Crippen molar-refractivity contribution in [1.82, 2.24) is 0 Å². The van der Waals surface area contributed by atoms with E-state index in [1.165, 1.54) is 11.1 Å². The molecule has 2 aromatic carbocycles. The first-order valence-corrected chi connectivity index (χ1v) is 10.2. The highest BCUT2D eigenvalue weighted by atomic mass is 16.5. The second-order valence-electron chi connectivity index (χ2n) is 7.04. The van der Waals surface area contributed by atoms with Crippen molar-refractivity contribution in [2.24, 2.45) is 0 Å². The van der Waals surface area contributed by atoms with E-state index in [0.29, 0.717) is 13.2 Å². The van der Waals surface area contributed by atoms with Crippen LogP contribution in [-0.4, -0.2) is 19.0 Å². The van der Waals surface area contributed by atoms with E-state index in [-0.39, 0.29) is 5.78 Å². The van der Waals surface area contributed by atoms with Crippen LogP contribution in [0.25, 0.3) is 0 Å². The van der Waals surface area contributed by atoms with Gasteiger partial charge in [0.05, 0.1) is 13.2 Å². The minimum absolute atomic E-state index is 0.185. The van der Waals surface area contributed by atoms with Gasteiger partial charge in [-0.2, -0.15) is 0 Å². The molecule has 0 saturated heterocycles. The molecule has 2 bridgehead atoms. The molecular weight excluding hydrogens is 360 g/mol. The van der Waals surface area contributed by atoms with E-state index >= 15 is 0 Å². The molecule has 3 heteroatoms. The van der Waals surface area contributed by atoms with Gasteiger partial charge in [-0.15, -0.1) is 0 Å². The molecule has 0 N–H and O–H groups in total. The van der Waals surface area contributed by atoms with E-state index in [9.17, 15) is 4.79 Å². The summed E-state index contributed by atoms with van der Waals surface area (Å²) in [4.78, 5) is 10.8. The highest BCUT2D eigenvalue weighted by Crippen LogP contribution is 2.23. The van der Waals surface area contributed by atoms with Crippen LogP contribution in [0, 0.1) is 0 Å². The Morgan fingerprint density at radius 3 is 1.38 bits per heavy atom. The van der Waals surface area contributed by atoms with Gasteiger partial charge in [0.25, 0.3) is 0 Å². The van der Waals surface area contributed by atoms with E-state index in [4.69, 9.17) is 9.47 Å². The Bertz CT molecular complexity index is 779. The summed E-state index contributed by atoms with van der Waals surface area (Å²) < 4.78 is 11.3. The molecule has 0 atom stereocenters. The van der Waals surface area contributed by atoms with Gasteiger partial charge >= 0.3 is 0 Å². The zero-order valence-corrected chi connectivity index (χ0v) is 16.8. The molecule has 3 nitrogen and oxygen atoms in total. The highest BCUT2D eigenvalue weighted by molar-refractivity contribution is 6.17. The van der Waals surface area contributed by atoms with Crippen LogP contribution in [0.5, 0.6) is 0 Å². The summed E-state index contributed by atoms with van der Waals surface area (Å²) in [5.41, 5.74) is 4.15. The smallest absolute Gasteiger partial charge is 0.193 e. The number of hydrogen-bond acceptors (Lipinski definition) is 3. The normalized spacial score (nSPS) is 13.7. The summed E-state index contributed by atoms with van der Waals surface area (Å²) in [6.45, 7) is 3.08. The van der Waals surface area contributed by atoms with Gasteiger partial charge in [-0.3, -0.25) is 4.79 Å². The van der Waals surface area contributed by atoms with Gasteiger partial charge in [-0.05, 0) is 30.4 Å². The van der Waals surface area contributed by atoms with Gasteiger partial charge in [0, 0.05) is 24.4 Å². The molecule has 0 unspecified atom stereocenters. The molecule has 0 fully saturated rings. The lowest BCUT2D eigenvalue weighted by Gasteiger charge is -2.06. The fraction of sp³-hybridized carbons (Fsp3) is 0.269. The number of unbranched alkanes of at least 4 members (excludes halogenated alkanes) is 2. The van der Waals surface area contributed by atoms with Crippen LogP contribution in [0.2, 0.25) is 0 Å². The Labute approximate surface area is 173 Å². The first kappa shape index (κ1) is 21.0. The monoisotopic (exact) mass is 388 g/mol. The predicted octanol–water partition coefficient (Wildman–Crippen LogP) is 5.58. The molecule has 0 amide bonds. The van der Waals surface area contributed by atoms with Crippen molar-refractivity contribution in [3.8, 4) is 0 Å². The zero-order valence-electron chi connectivity index (χ0n) is 16.8. The van der Waals surface area contributed by atoms with Crippen molar-refractivity contribution in [3.63, 3.8) is 0 Å². The van der Waals surface area contributed by atoms with Crippen molar-refractivity contribution in [3.05, 3.63) is 107 Å². The Morgan fingerprint density at radius 1 is 0.586 bits per heavy atom. The second kappa shape index (κ2) is 11.9. The number of benzene rings is 2. The maximum Gasteiger partial charge on any atom is 0.193 e. The molecule has 0 aliphatic heterocycles. The van der Waals surface area contributed by atoms with Crippen molar-refractivity contribution < 1.29 is 14.3 Å². The lowest BCUT2D eigenvalue weighted by molar-refractivity contribution is -0.111. The fourth-order valence-electron chi connectivity index (χ4n) is 3.05. The number of rotatable bonds is 10. The highest BCUT2D eigenvalue weighted by Gasteiger charge is 2.19. The fourth-order valence-corrected chi connectivity index (χ4v) is 3.05. The number of ether oxygens (including phenoxy) is 2. The summed E-state index contributed by atoms with van der Waals surface area (Å²) in [5.74, 6) is 0.185. The third kappa shape index (κ3) is 7.30. The molecule has 4 rings (SSSR count). The van der Waals surface area contributed by atoms with E-state index < -0.39 is 0 Å². The van der Waals surface area contributed by atoms with E-state index in [1.807, 2.05) is 60.7 Å². The number of fused-ring (bicyclic) bond motifs is 2. The predicted molar refractivity (Wildman–Crippen MR) is 116 cm³/mol. The summed E-state index contributed by atoms with van der Waals surface area (Å²) in [6, 6.07) is 20.6. The summed E-state index contributed by atoms with van der Waals surface area (Å²) >= 11 is 0. The lowest BCUT2D eigenvalue weighted by atomic mass is 10.2. The Kier molecular flexibility index (Phi) is 8.64. The van der Waals surface area contributed by atoms with Crippen molar-refractivity contribution >= 4 is 5.78 Å². The van der Waals surface area contributed by atoms with Crippen LogP contribution in [0.3, 0.4) is 0 Å². The first-order valence-electron chi connectivity index (χ1n) is 10.2. The van der Waals surface area contributed by atoms with Crippen LogP contribution < -0.4 is 0 Å². The molecule has 29 heavy (non-hydrogen) atoms. The lowest BCUT2D eigenvalue weighted by Crippen LogP contribution is -1.98. The maximum atomic E-state index is 10.8. The summed E-state index contributed by atoms with van der Waals surface area (Å²) in [6.07, 6.45) is 10.7. The van der Waals surface area contributed by atoms with Gasteiger partial charge in [0.1, 0.15) is 0 Å². The number of Topliss-reactive ketones (excluding diaryl/α,β-unsaturated/α-hetero) is 1. The third-order valence-electron chi connectivity index (χ3n) is 4.71. The SMILES string of the molecule is O=C1C2=CC=C1C=C2.c1ccc(COCCCCCOCc2ccccc2)cc1. The van der Waals surface area contributed by atoms with Gasteiger partial charge in [-0.25, -0.2) is 0 Å². The van der Waals surface area contributed by atoms with Gasteiger partial charge in [0.2, 0.25) is 0 Å². The molecule has 0 saturated carbocycles. The van der Waals surface area contributed by atoms with Crippen molar-refractivity contribution in [2.75, 3.05) is 13.2 Å². The maximum absolute atomic E-state index is 10.8. The van der Waals surface area contributed by atoms with E-state index in [1.54, 1.807) is 0 Å². The number of carbonyl (C=O) groups excluding carboxylic acids is 1. The number of allylic oxidation sites excluding steroid dienone is 6. The van der Waals surface area contributed by atoms with Crippen molar-refractivity contribution in [1.29, 1.82) is 0 Å². The van der Waals surface area contributed by atoms with E-state index in [2.05, 4.69) is 24.3 Å². The average Bonchev–Trinajstić information content (AvgIpc) is 3.31. The Balaban J connectivity index is 0.000000246. The molecule has 0 spiro atoms. The quantitative estimate of drug-likeness (QED) is 0.498. The molecule has 2 aromatic rings. The average molecular weight is 389 g/mol. The standard InChI is InChI=1S/C19H24O2.C7H4O/c1-4-10-18(11-5-1)16-20-14-8-3-9-15-21-17-19-12-6-2-7-13-19;8-7-5-1-2-6(7)4-3-5/h1-2,4-7,10-13H,3,8-9,14-17H2;1-4H. The molecule has 2 aliphatic carbocycles. The first-order chi connectivity index (χ1) is 14.3. The third-order valence-corrected chi connectivity index (χ3v) is 4.71. The molecule has 0 heterocycles. The molecule has 2 aliphatic rings. The van der Waals surface area contributed by atoms with Crippen LogP contribution in [0.15, 0.2) is 96.1 Å². The summed E-state index contributed by atoms with van der Waals surface area (Å²) in [7, 11) is 0. The van der Waals surface area contributed by atoms with Crippen LogP contribution >= 0.6 is 0 Å². The second-order valence-corrected chi connectivity index (χ2v) is 7.04. The van der Waals surface area contributed by atoms with Gasteiger partial charge in [0.15, 0.2) is 5.78 Å². The van der Waals surface area contributed by atoms with Crippen LogP contribution in [0.4, 0.5) is 0 Å². The molecule has 0 aromatic heterocycles. The topological polar surface area (TPSA) is 35.5 Å². The Hall–Kier alpha value is -2.75. The number of ketones is 1. The van der Waals surface area contributed by atoms with E-state index in [0.717, 1.165) is 43.6 Å². The Morgan fingerprint density at radius 2 is 1.03 bits per heavy atom. The minimum Gasteiger partial charge on any atom is -0.377 e. The molecular formula is C26H28O3.